The van der Waals surface area contributed by atoms with Crippen molar-refractivity contribution in [3.05, 3.63) is 0 Å². The van der Waals surface area contributed by atoms with Crippen LogP contribution in [0.25, 0.3) is 0 Å². The van der Waals surface area contributed by atoms with Crippen molar-refractivity contribution in [2.24, 2.45) is 5.92 Å². The van der Waals surface area contributed by atoms with Gasteiger partial charge in [-0.25, -0.2) is 0 Å². The molecule has 2 amide bonds. The van der Waals surface area contributed by atoms with Gasteiger partial charge < -0.3 is 9.80 Å². The van der Waals surface area contributed by atoms with Gasteiger partial charge in [0.05, 0.1) is 5.92 Å². The van der Waals surface area contributed by atoms with Crippen LogP contribution in [0.3, 0.4) is 0 Å². The minimum absolute atomic E-state index is 0.0670. The highest BCUT2D eigenvalue weighted by Crippen LogP contribution is 2.22. The van der Waals surface area contributed by atoms with Gasteiger partial charge in [0.2, 0.25) is 5.91 Å². The molecule has 0 aliphatic carbocycles. The van der Waals surface area contributed by atoms with Crippen LogP contribution in [0.4, 0.5) is 13.2 Å². The lowest BCUT2D eigenvalue weighted by atomic mass is 9.96. The first-order valence-corrected chi connectivity index (χ1v) is 7.35. The molecule has 1 rings (SSSR count). The lowest BCUT2D eigenvalue weighted by Gasteiger charge is -2.34. The first-order chi connectivity index (χ1) is 10.3. The number of carbonyl (C=O) groups is 2. The Kier molecular flexibility index (Phi) is 6.72. The molecule has 0 bridgehead atoms. The minimum atomic E-state index is -4.41. The predicted molar refractivity (Wildman–Crippen MR) is 75.7 cm³/mol. The molecule has 1 unspecified atom stereocenters. The van der Waals surface area contributed by atoms with E-state index in [1.54, 1.807) is 6.92 Å². The van der Waals surface area contributed by atoms with Crippen molar-refractivity contribution in [2.75, 3.05) is 26.2 Å². The molecule has 1 fully saturated rings. The van der Waals surface area contributed by atoms with Crippen LogP contribution in [0, 0.1) is 17.8 Å². The van der Waals surface area contributed by atoms with E-state index >= 15 is 0 Å². The van der Waals surface area contributed by atoms with E-state index in [0.29, 0.717) is 25.8 Å². The second-order valence-electron chi connectivity index (χ2n) is 5.34. The van der Waals surface area contributed by atoms with E-state index in [9.17, 15) is 22.8 Å². The van der Waals surface area contributed by atoms with Gasteiger partial charge in [-0.3, -0.25) is 9.59 Å². The maximum Gasteiger partial charge on any atom is 0.406 e. The van der Waals surface area contributed by atoms with Gasteiger partial charge in [-0.05, 0) is 32.1 Å². The predicted octanol–water partition coefficient (Wildman–Crippen LogP) is 2.05. The minimum Gasteiger partial charge on any atom is -0.333 e. The maximum absolute atomic E-state index is 12.6. The molecule has 0 saturated carbocycles. The zero-order valence-corrected chi connectivity index (χ0v) is 12.9. The number of halogens is 3. The number of rotatable bonds is 4. The van der Waals surface area contributed by atoms with Crippen LogP contribution in [0.15, 0.2) is 0 Å². The van der Waals surface area contributed by atoms with Crippen LogP contribution < -0.4 is 0 Å². The van der Waals surface area contributed by atoms with Gasteiger partial charge in [-0.1, -0.05) is 12.8 Å². The molecule has 1 aliphatic rings. The Labute approximate surface area is 128 Å². The molecule has 124 valence electrons. The van der Waals surface area contributed by atoms with E-state index in [1.165, 1.54) is 11.8 Å². The first-order valence-electron chi connectivity index (χ1n) is 7.35. The topological polar surface area (TPSA) is 40.6 Å². The molecule has 4 nitrogen and oxygen atoms in total. The summed E-state index contributed by atoms with van der Waals surface area (Å²) in [5, 5.41) is 0. The monoisotopic (exact) mass is 318 g/mol. The van der Waals surface area contributed by atoms with Crippen molar-refractivity contribution in [2.45, 2.75) is 39.3 Å². The van der Waals surface area contributed by atoms with Crippen molar-refractivity contribution in [3.8, 4) is 11.8 Å². The van der Waals surface area contributed by atoms with Gasteiger partial charge in [0.1, 0.15) is 6.54 Å². The maximum atomic E-state index is 12.6. The van der Waals surface area contributed by atoms with Crippen molar-refractivity contribution >= 4 is 11.8 Å². The molecular formula is C15H21F3N2O2. The van der Waals surface area contributed by atoms with Gasteiger partial charge in [0, 0.05) is 19.6 Å². The third kappa shape index (κ3) is 5.58. The molecule has 1 saturated heterocycles. The van der Waals surface area contributed by atoms with Crippen LogP contribution in [-0.4, -0.2) is 54.0 Å². The summed E-state index contributed by atoms with van der Waals surface area (Å²) in [4.78, 5) is 26.4. The van der Waals surface area contributed by atoms with Crippen molar-refractivity contribution in [1.29, 1.82) is 0 Å². The van der Waals surface area contributed by atoms with Crippen molar-refractivity contribution in [1.82, 2.24) is 9.80 Å². The second-order valence-corrected chi connectivity index (χ2v) is 5.34. The third-order valence-corrected chi connectivity index (χ3v) is 3.47. The van der Waals surface area contributed by atoms with Gasteiger partial charge in [-0.15, -0.1) is 0 Å². The van der Waals surface area contributed by atoms with Crippen LogP contribution in [0.5, 0.6) is 0 Å². The molecule has 0 aromatic rings. The number of likely N-dealkylation sites (tertiary alicyclic amines) is 1. The number of hydrogen-bond donors (Lipinski definition) is 0. The Morgan fingerprint density at radius 2 is 2.05 bits per heavy atom. The molecular weight excluding hydrogens is 297 g/mol. The number of hydrogen-bond acceptors (Lipinski definition) is 2. The molecule has 7 heteroatoms. The SMILES string of the molecule is CC#CC(=O)N1CCCC(C(=O)N(CCC)CC(F)(F)F)C1. The first kappa shape index (κ1) is 18.3. The molecule has 0 spiro atoms. The Hall–Kier alpha value is -1.71. The summed E-state index contributed by atoms with van der Waals surface area (Å²) in [6.45, 7) is 2.73. The van der Waals surface area contributed by atoms with Crippen LogP contribution in [-0.2, 0) is 9.59 Å². The normalized spacial score (nSPS) is 18.4. The zero-order chi connectivity index (χ0) is 16.8. The van der Waals surface area contributed by atoms with Crippen LogP contribution >= 0.6 is 0 Å². The summed E-state index contributed by atoms with van der Waals surface area (Å²) >= 11 is 0. The molecule has 1 aliphatic heterocycles. The quantitative estimate of drug-likeness (QED) is 0.745. The average molecular weight is 318 g/mol. The second kappa shape index (κ2) is 8.06. The molecule has 1 heterocycles. The van der Waals surface area contributed by atoms with Gasteiger partial charge in [0.15, 0.2) is 0 Å². The van der Waals surface area contributed by atoms with Gasteiger partial charge >= 0.3 is 6.18 Å². The van der Waals surface area contributed by atoms with Gasteiger partial charge in [0.25, 0.3) is 5.91 Å². The van der Waals surface area contributed by atoms with Crippen LogP contribution in [0.1, 0.15) is 33.1 Å². The fourth-order valence-corrected chi connectivity index (χ4v) is 2.56. The highest BCUT2D eigenvalue weighted by atomic mass is 19.4. The fraction of sp³-hybridized carbons (Fsp3) is 0.733. The smallest absolute Gasteiger partial charge is 0.333 e. The summed E-state index contributed by atoms with van der Waals surface area (Å²) in [6, 6.07) is 0. The van der Waals surface area contributed by atoms with E-state index in [4.69, 9.17) is 0 Å². The average Bonchev–Trinajstić information content (AvgIpc) is 2.45. The van der Waals surface area contributed by atoms with Crippen molar-refractivity contribution in [3.63, 3.8) is 0 Å². The number of nitrogens with zero attached hydrogens (tertiary/aromatic N) is 2. The number of amides is 2. The Bertz CT molecular complexity index is 466. The molecule has 22 heavy (non-hydrogen) atoms. The fourth-order valence-electron chi connectivity index (χ4n) is 2.56. The van der Waals surface area contributed by atoms with E-state index in [1.807, 2.05) is 0 Å². The molecule has 0 aromatic carbocycles. The van der Waals surface area contributed by atoms with E-state index < -0.39 is 24.5 Å². The zero-order valence-electron chi connectivity index (χ0n) is 12.9. The molecule has 1 atom stereocenters. The highest BCUT2D eigenvalue weighted by molar-refractivity contribution is 5.94. The largest absolute Gasteiger partial charge is 0.406 e. The van der Waals surface area contributed by atoms with E-state index in [0.717, 1.165) is 4.90 Å². The molecule has 0 N–H and O–H groups in total. The Morgan fingerprint density at radius 1 is 1.36 bits per heavy atom. The molecule has 0 radical (unpaired) electrons. The lowest BCUT2D eigenvalue weighted by molar-refractivity contribution is -0.165. The highest BCUT2D eigenvalue weighted by Gasteiger charge is 2.36. The lowest BCUT2D eigenvalue weighted by Crippen LogP contribution is -2.48. The third-order valence-electron chi connectivity index (χ3n) is 3.47. The number of piperidine rings is 1. The van der Waals surface area contributed by atoms with Gasteiger partial charge in [-0.2, -0.15) is 13.2 Å². The Balaban J connectivity index is 2.75. The van der Waals surface area contributed by atoms with Crippen molar-refractivity contribution < 1.29 is 22.8 Å². The summed E-state index contributed by atoms with van der Waals surface area (Å²) in [7, 11) is 0. The van der Waals surface area contributed by atoms with E-state index in [2.05, 4.69) is 11.8 Å². The summed E-state index contributed by atoms with van der Waals surface area (Å²) in [6.07, 6.45) is -2.86. The standard InChI is InChI=1S/C15H21F3N2O2/c1-3-6-13(21)19-9-5-7-12(10-19)14(22)20(8-4-2)11-15(16,17)18/h12H,4-5,7-11H2,1-2H3. The number of carbonyl (C=O) groups excluding carboxylic acids is 2. The Morgan fingerprint density at radius 3 is 2.59 bits per heavy atom. The van der Waals surface area contributed by atoms with Crippen LogP contribution in [0.2, 0.25) is 0 Å². The number of alkyl halides is 3. The van der Waals surface area contributed by atoms with E-state index in [-0.39, 0.29) is 19.0 Å². The summed E-state index contributed by atoms with van der Waals surface area (Å²) in [5.41, 5.74) is 0. The summed E-state index contributed by atoms with van der Waals surface area (Å²) in [5.74, 6) is 3.41. The summed E-state index contributed by atoms with van der Waals surface area (Å²) < 4.78 is 37.8. The molecule has 0 aromatic heterocycles.